The van der Waals surface area contributed by atoms with Gasteiger partial charge in [0, 0.05) is 32.0 Å². The topological polar surface area (TPSA) is 54.4 Å². The molecule has 0 saturated heterocycles. The van der Waals surface area contributed by atoms with Crippen LogP contribution in [0.2, 0.25) is 5.15 Å². The monoisotopic (exact) mass is 230 g/mol. The standard InChI is InChI=1S/C10H15ClN2O2/c1-15-7-9(14)6-12-5-8-3-2-4-13-10(8)11/h2-4,9,12,14H,5-7H2,1H3. The Morgan fingerprint density at radius 3 is 3.13 bits per heavy atom. The largest absolute Gasteiger partial charge is 0.389 e. The van der Waals surface area contributed by atoms with Crippen LogP contribution < -0.4 is 5.32 Å². The van der Waals surface area contributed by atoms with Crippen molar-refractivity contribution >= 4 is 11.6 Å². The van der Waals surface area contributed by atoms with Crippen molar-refractivity contribution < 1.29 is 9.84 Å². The number of hydrogen-bond acceptors (Lipinski definition) is 4. The minimum atomic E-state index is -0.495. The van der Waals surface area contributed by atoms with Gasteiger partial charge < -0.3 is 15.2 Å². The van der Waals surface area contributed by atoms with Gasteiger partial charge >= 0.3 is 0 Å². The zero-order chi connectivity index (χ0) is 11.1. The number of nitrogens with one attached hydrogen (secondary N) is 1. The number of hydrogen-bond donors (Lipinski definition) is 2. The average molecular weight is 231 g/mol. The van der Waals surface area contributed by atoms with E-state index < -0.39 is 6.10 Å². The Kier molecular flexibility index (Phi) is 5.57. The van der Waals surface area contributed by atoms with Gasteiger partial charge in [0.05, 0.1) is 12.7 Å². The van der Waals surface area contributed by atoms with Gasteiger partial charge in [-0.1, -0.05) is 17.7 Å². The van der Waals surface area contributed by atoms with Crippen LogP contribution >= 0.6 is 11.6 Å². The van der Waals surface area contributed by atoms with Crippen molar-refractivity contribution in [3.05, 3.63) is 29.0 Å². The van der Waals surface area contributed by atoms with Crippen LogP contribution in [0.5, 0.6) is 0 Å². The van der Waals surface area contributed by atoms with Crippen molar-refractivity contribution in [2.24, 2.45) is 0 Å². The third-order valence-corrected chi connectivity index (χ3v) is 2.23. The van der Waals surface area contributed by atoms with Crippen LogP contribution in [0.1, 0.15) is 5.56 Å². The predicted octanol–water partition coefficient (Wildman–Crippen LogP) is 0.832. The number of rotatable bonds is 6. The number of pyridine rings is 1. The number of nitrogens with zero attached hydrogens (tertiary/aromatic N) is 1. The lowest BCUT2D eigenvalue weighted by Crippen LogP contribution is -2.29. The maximum absolute atomic E-state index is 9.36. The third-order valence-electron chi connectivity index (χ3n) is 1.89. The maximum atomic E-state index is 9.36. The van der Waals surface area contributed by atoms with Gasteiger partial charge in [-0.15, -0.1) is 0 Å². The SMILES string of the molecule is COCC(O)CNCc1cccnc1Cl. The van der Waals surface area contributed by atoms with Crippen LogP contribution in [0.4, 0.5) is 0 Å². The van der Waals surface area contributed by atoms with E-state index in [0.29, 0.717) is 24.8 Å². The second kappa shape index (κ2) is 6.74. The molecule has 15 heavy (non-hydrogen) atoms. The number of ether oxygens (including phenoxy) is 1. The first-order chi connectivity index (χ1) is 7.24. The van der Waals surface area contributed by atoms with Crippen molar-refractivity contribution in [2.45, 2.75) is 12.6 Å². The van der Waals surface area contributed by atoms with Crippen molar-refractivity contribution in [2.75, 3.05) is 20.3 Å². The number of aromatic nitrogens is 1. The van der Waals surface area contributed by atoms with Crippen LogP contribution in [0.25, 0.3) is 0 Å². The van der Waals surface area contributed by atoms with Gasteiger partial charge in [0.2, 0.25) is 0 Å². The first kappa shape index (κ1) is 12.4. The lowest BCUT2D eigenvalue weighted by molar-refractivity contribution is 0.0644. The Balaban J connectivity index is 2.29. The Labute approximate surface area is 94.2 Å². The molecule has 4 nitrogen and oxygen atoms in total. The molecular formula is C10H15ClN2O2. The molecule has 0 aliphatic carbocycles. The summed E-state index contributed by atoms with van der Waals surface area (Å²) < 4.78 is 4.80. The zero-order valence-electron chi connectivity index (χ0n) is 8.61. The van der Waals surface area contributed by atoms with Gasteiger partial charge in [-0.05, 0) is 6.07 Å². The summed E-state index contributed by atoms with van der Waals surface area (Å²) in [7, 11) is 1.56. The second-order valence-corrected chi connectivity index (χ2v) is 3.55. The number of aliphatic hydroxyl groups is 1. The molecule has 0 aliphatic rings. The van der Waals surface area contributed by atoms with Crippen LogP contribution in [-0.4, -0.2) is 36.5 Å². The van der Waals surface area contributed by atoms with Crippen molar-refractivity contribution in [1.29, 1.82) is 0 Å². The Hall–Kier alpha value is -0.680. The molecule has 0 fully saturated rings. The fourth-order valence-electron chi connectivity index (χ4n) is 1.18. The second-order valence-electron chi connectivity index (χ2n) is 3.19. The lowest BCUT2D eigenvalue weighted by Gasteiger charge is -2.10. The molecule has 1 aromatic rings. The van der Waals surface area contributed by atoms with Gasteiger partial charge in [0.25, 0.3) is 0 Å². The van der Waals surface area contributed by atoms with Crippen molar-refractivity contribution in [3.63, 3.8) is 0 Å². The Morgan fingerprint density at radius 2 is 2.47 bits per heavy atom. The summed E-state index contributed by atoms with van der Waals surface area (Å²) in [4.78, 5) is 3.95. The molecule has 0 saturated carbocycles. The predicted molar refractivity (Wildman–Crippen MR) is 58.8 cm³/mol. The lowest BCUT2D eigenvalue weighted by atomic mass is 10.3. The molecule has 0 aliphatic heterocycles. The molecule has 1 aromatic heterocycles. The molecule has 0 radical (unpaired) electrons. The summed E-state index contributed by atoms with van der Waals surface area (Å²) in [6, 6.07) is 3.72. The molecule has 5 heteroatoms. The highest BCUT2D eigenvalue weighted by Gasteiger charge is 2.04. The van der Waals surface area contributed by atoms with E-state index in [1.807, 2.05) is 12.1 Å². The van der Waals surface area contributed by atoms with Crippen LogP contribution in [-0.2, 0) is 11.3 Å². The molecule has 1 unspecified atom stereocenters. The van der Waals surface area contributed by atoms with E-state index >= 15 is 0 Å². The highest BCUT2D eigenvalue weighted by atomic mass is 35.5. The fourth-order valence-corrected chi connectivity index (χ4v) is 1.36. The number of methoxy groups -OCH3 is 1. The summed E-state index contributed by atoms with van der Waals surface area (Å²) >= 11 is 5.86. The normalized spacial score (nSPS) is 12.7. The maximum Gasteiger partial charge on any atom is 0.133 e. The van der Waals surface area contributed by atoms with Gasteiger partial charge in [-0.25, -0.2) is 4.98 Å². The molecule has 1 heterocycles. The van der Waals surface area contributed by atoms with Gasteiger partial charge in [-0.2, -0.15) is 0 Å². The smallest absolute Gasteiger partial charge is 0.133 e. The summed E-state index contributed by atoms with van der Waals surface area (Å²) in [5.41, 5.74) is 0.920. The molecule has 1 atom stereocenters. The molecule has 0 spiro atoms. The van der Waals surface area contributed by atoms with Gasteiger partial charge in [0.15, 0.2) is 0 Å². The quantitative estimate of drug-likeness (QED) is 0.711. The summed E-state index contributed by atoms with van der Waals surface area (Å²) in [5, 5.41) is 12.9. The highest BCUT2D eigenvalue weighted by Crippen LogP contribution is 2.10. The molecule has 1 rings (SSSR count). The van der Waals surface area contributed by atoms with Crippen LogP contribution in [0, 0.1) is 0 Å². The van der Waals surface area contributed by atoms with Crippen LogP contribution in [0.15, 0.2) is 18.3 Å². The number of halogens is 1. The summed E-state index contributed by atoms with van der Waals surface area (Å²) in [6.07, 6.45) is 1.15. The van der Waals surface area contributed by atoms with Crippen molar-refractivity contribution in [1.82, 2.24) is 10.3 Å². The van der Waals surface area contributed by atoms with E-state index in [1.54, 1.807) is 13.3 Å². The van der Waals surface area contributed by atoms with E-state index in [1.165, 1.54) is 0 Å². The highest BCUT2D eigenvalue weighted by molar-refractivity contribution is 6.30. The van der Waals surface area contributed by atoms with E-state index in [4.69, 9.17) is 16.3 Å². The van der Waals surface area contributed by atoms with Crippen molar-refractivity contribution in [3.8, 4) is 0 Å². The number of aliphatic hydroxyl groups excluding tert-OH is 1. The molecule has 0 amide bonds. The molecule has 0 bridgehead atoms. The van der Waals surface area contributed by atoms with Gasteiger partial charge in [0.1, 0.15) is 5.15 Å². The molecule has 2 N–H and O–H groups in total. The summed E-state index contributed by atoms with van der Waals surface area (Å²) in [6.45, 7) is 1.39. The molecule has 84 valence electrons. The van der Waals surface area contributed by atoms with E-state index in [9.17, 15) is 5.11 Å². The molecule has 0 aromatic carbocycles. The minimum absolute atomic E-state index is 0.327. The Bertz CT molecular complexity index is 297. The van der Waals surface area contributed by atoms with Crippen LogP contribution in [0.3, 0.4) is 0 Å². The van der Waals surface area contributed by atoms with E-state index in [2.05, 4.69) is 10.3 Å². The van der Waals surface area contributed by atoms with Gasteiger partial charge in [-0.3, -0.25) is 0 Å². The zero-order valence-corrected chi connectivity index (χ0v) is 9.37. The average Bonchev–Trinajstić information content (AvgIpc) is 2.21. The Morgan fingerprint density at radius 1 is 1.67 bits per heavy atom. The fraction of sp³-hybridized carbons (Fsp3) is 0.500. The first-order valence-electron chi connectivity index (χ1n) is 4.71. The van der Waals surface area contributed by atoms with E-state index in [-0.39, 0.29) is 0 Å². The molecular weight excluding hydrogens is 216 g/mol. The van der Waals surface area contributed by atoms with E-state index in [0.717, 1.165) is 5.56 Å². The summed E-state index contributed by atoms with van der Waals surface area (Å²) in [5.74, 6) is 0. The minimum Gasteiger partial charge on any atom is -0.389 e. The first-order valence-corrected chi connectivity index (χ1v) is 5.09. The third kappa shape index (κ3) is 4.57.